The molecule has 6 nitrogen and oxygen atoms in total. The minimum atomic E-state index is -2.46. The summed E-state index contributed by atoms with van der Waals surface area (Å²) in [4.78, 5) is 25.6. The number of hydrogen-bond donors (Lipinski definition) is 3. The lowest BCUT2D eigenvalue weighted by Gasteiger charge is -2.42. The number of hydrogen-bond acceptors (Lipinski definition) is 4. The van der Waals surface area contributed by atoms with E-state index in [1.165, 1.54) is 6.08 Å². The molecule has 3 N–H and O–H groups in total. The highest BCUT2D eigenvalue weighted by molar-refractivity contribution is 8.24. The Bertz CT molecular complexity index is 656. The standard InChI is InChI=1S/C17H23ClN2O4S/c1-20(15-7-9-25(23,24)10-8-15)17(22)12-19-16(21)6-5-13-3-2-4-14(18)11-13/h2-6,11,15,23-24H,7-10,12H2,1H3,(H,19,21)/b6-5+. The van der Waals surface area contributed by atoms with Crippen LogP contribution in [0.5, 0.6) is 0 Å². The highest BCUT2D eigenvalue weighted by atomic mass is 35.5. The summed E-state index contributed by atoms with van der Waals surface area (Å²) < 4.78 is 19.2. The van der Waals surface area contributed by atoms with Gasteiger partial charge in [-0.25, -0.2) is 0 Å². The average Bonchev–Trinajstić information content (AvgIpc) is 2.57. The Morgan fingerprint density at radius 1 is 1.36 bits per heavy atom. The number of carbonyl (C=O) groups is 2. The molecule has 1 heterocycles. The predicted molar refractivity (Wildman–Crippen MR) is 102 cm³/mol. The molecule has 0 atom stereocenters. The molecule has 8 heteroatoms. The van der Waals surface area contributed by atoms with E-state index in [1.807, 2.05) is 6.07 Å². The van der Waals surface area contributed by atoms with Crippen molar-refractivity contribution in [2.45, 2.75) is 18.9 Å². The quantitative estimate of drug-likeness (QED) is 0.679. The summed E-state index contributed by atoms with van der Waals surface area (Å²) in [6.07, 6.45) is 4.11. The Kier molecular flexibility index (Phi) is 6.89. The van der Waals surface area contributed by atoms with E-state index >= 15 is 0 Å². The lowest BCUT2D eigenvalue weighted by molar-refractivity contribution is -0.132. The summed E-state index contributed by atoms with van der Waals surface area (Å²) in [5.41, 5.74) is 0.798. The Balaban J connectivity index is 1.78. The van der Waals surface area contributed by atoms with E-state index in [4.69, 9.17) is 11.6 Å². The lowest BCUT2D eigenvalue weighted by Crippen LogP contribution is -2.45. The van der Waals surface area contributed by atoms with Gasteiger partial charge in [0.2, 0.25) is 11.8 Å². The first-order valence-corrected chi connectivity index (χ1v) is 10.2. The molecule has 0 bridgehead atoms. The van der Waals surface area contributed by atoms with E-state index in [0.717, 1.165) is 5.56 Å². The summed E-state index contributed by atoms with van der Waals surface area (Å²) in [5, 5.41) is 3.15. The molecule has 1 aliphatic heterocycles. The molecule has 1 aromatic rings. The second-order valence-corrected chi connectivity index (χ2v) is 8.91. The maximum atomic E-state index is 12.2. The second kappa shape index (κ2) is 8.71. The average molecular weight is 387 g/mol. The Labute approximate surface area is 154 Å². The van der Waals surface area contributed by atoms with Crippen LogP contribution in [0.1, 0.15) is 18.4 Å². The van der Waals surface area contributed by atoms with Gasteiger partial charge >= 0.3 is 0 Å². The fraction of sp³-hybridized carbons (Fsp3) is 0.412. The minimum Gasteiger partial charge on any atom is -0.343 e. The topological polar surface area (TPSA) is 89.9 Å². The van der Waals surface area contributed by atoms with Crippen LogP contribution in [-0.2, 0) is 9.59 Å². The molecule has 138 valence electrons. The number of likely N-dealkylation sites (N-methyl/N-ethyl adjacent to an activating group) is 1. The van der Waals surface area contributed by atoms with Crippen LogP contribution in [0.25, 0.3) is 6.08 Å². The van der Waals surface area contributed by atoms with Crippen molar-refractivity contribution in [3.8, 4) is 0 Å². The van der Waals surface area contributed by atoms with Crippen molar-refractivity contribution in [1.29, 1.82) is 0 Å². The number of nitrogens with one attached hydrogen (secondary N) is 1. The number of halogens is 1. The molecule has 2 amide bonds. The first-order chi connectivity index (χ1) is 11.8. The van der Waals surface area contributed by atoms with Crippen LogP contribution in [0.4, 0.5) is 0 Å². The van der Waals surface area contributed by atoms with Crippen molar-refractivity contribution < 1.29 is 18.7 Å². The van der Waals surface area contributed by atoms with E-state index in [1.54, 1.807) is 36.2 Å². The van der Waals surface area contributed by atoms with Crippen molar-refractivity contribution in [3.63, 3.8) is 0 Å². The third kappa shape index (κ3) is 6.36. The van der Waals surface area contributed by atoms with Gasteiger partial charge in [-0.3, -0.25) is 18.7 Å². The van der Waals surface area contributed by atoms with Gasteiger partial charge in [-0.1, -0.05) is 23.7 Å². The van der Waals surface area contributed by atoms with Crippen LogP contribution in [-0.4, -0.2) is 57.0 Å². The lowest BCUT2D eigenvalue weighted by atomic mass is 10.1. The van der Waals surface area contributed by atoms with Gasteiger partial charge in [0.25, 0.3) is 0 Å². The maximum absolute atomic E-state index is 12.2. The molecule has 0 unspecified atom stereocenters. The zero-order valence-corrected chi connectivity index (χ0v) is 15.6. The fourth-order valence-corrected chi connectivity index (χ4v) is 4.32. The number of nitrogens with zero attached hydrogens (tertiary/aromatic N) is 1. The molecule has 25 heavy (non-hydrogen) atoms. The zero-order valence-electron chi connectivity index (χ0n) is 14.0. The van der Waals surface area contributed by atoms with Gasteiger partial charge in [0, 0.05) is 35.7 Å². The SMILES string of the molecule is CN(C(=O)CNC(=O)/C=C/c1cccc(Cl)c1)C1CCS(O)(O)CC1. The van der Waals surface area contributed by atoms with Crippen LogP contribution in [0.3, 0.4) is 0 Å². The predicted octanol–water partition coefficient (Wildman–Crippen LogP) is 2.84. The summed E-state index contributed by atoms with van der Waals surface area (Å²) in [6.45, 7) is -0.0953. The van der Waals surface area contributed by atoms with Crippen LogP contribution in [0, 0.1) is 0 Å². The van der Waals surface area contributed by atoms with Crippen LogP contribution in [0.2, 0.25) is 5.02 Å². The van der Waals surface area contributed by atoms with Crippen LogP contribution < -0.4 is 5.32 Å². The van der Waals surface area contributed by atoms with Crippen LogP contribution >= 0.6 is 22.2 Å². The summed E-state index contributed by atoms with van der Waals surface area (Å²) in [7, 11) is -0.785. The smallest absolute Gasteiger partial charge is 0.244 e. The Hall–Kier alpha value is -1.54. The number of carbonyl (C=O) groups excluding carboxylic acids is 2. The molecule has 0 spiro atoms. The molecular weight excluding hydrogens is 364 g/mol. The van der Waals surface area contributed by atoms with E-state index in [9.17, 15) is 18.7 Å². The van der Waals surface area contributed by atoms with Gasteiger partial charge in [-0.15, -0.1) is 0 Å². The monoisotopic (exact) mass is 386 g/mol. The first kappa shape index (κ1) is 19.8. The number of rotatable bonds is 5. The third-order valence-electron chi connectivity index (χ3n) is 4.19. The molecule has 1 aliphatic rings. The van der Waals surface area contributed by atoms with Crippen molar-refractivity contribution in [2.24, 2.45) is 0 Å². The van der Waals surface area contributed by atoms with Crippen molar-refractivity contribution in [3.05, 3.63) is 40.9 Å². The Morgan fingerprint density at radius 2 is 2.04 bits per heavy atom. The molecule has 0 saturated carbocycles. The van der Waals surface area contributed by atoms with E-state index in [0.29, 0.717) is 29.4 Å². The van der Waals surface area contributed by atoms with E-state index in [-0.39, 0.29) is 24.4 Å². The molecule has 1 fully saturated rings. The van der Waals surface area contributed by atoms with Crippen molar-refractivity contribution >= 4 is 40.1 Å². The summed E-state index contributed by atoms with van der Waals surface area (Å²) in [6, 6.07) is 7.07. The van der Waals surface area contributed by atoms with Gasteiger partial charge in [0.15, 0.2) is 0 Å². The molecule has 0 aliphatic carbocycles. The van der Waals surface area contributed by atoms with E-state index in [2.05, 4.69) is 5.32 Å². The van der Waals surface area contributed by atoms with E-state index < -0.39 is 10.6 Å². The fourth-order valence-electron chi connectivity index (χ4n) is 2.62. The Morgan fingerprint density at radius 3 is 2.68 bits per heavy atom. The van der Waals surface area contributed by atoms with Gasteiger partial charge in [0.05, 0.1) is 6.54 Å². The molecule has 0 aromatic heterocycles. The molecular formula is C17H23ClN2O4S. The van der Waals surface area contributed by atoms with Gasteiger partial charge in [-0.05, 0) is 36.6 Å². The van der Waals surface area contributed by atoms with Crippen LogP contribution in [0.15, 0.2) is 30.3 Å². The molecule has 0 radical (unpaired) electrons. The first-order valence-electron chi connectivity index (χ1n) is 7.97. The highest BCUT2D eigenvalue weighted by Gasteiger charge is 2.28. The third-order valence-corrected chi connectivity index (χ3v) is 6.20. The summed E-state index contributed by atoms with van der Waals surface area (Å²) >= 11 is 5.87. The number of benzene rings is 1. The van der Waals surface area contributed by atoms with Crippen molar-refractivity contribution in [2.75, 3.05) is 25.1 Å². The van der Waals surface area contributed by atoms with Crippen molar-refractivity contribution in [1.82, 2.24) is 10.2 Å². The molecule has 2 rings (SSSR count). The van der Waals surface area contributed by atoms with Gasteiger partial charge in [0.1, 0.15) is 0 Å². The van der Waals surface area contributed by atoms with Gasteiger partial charge in [-0.2, -0.15) is 10.6 Å². The largest absolute Gasteiger partial charge is 0.343 e. The minimum absolute atomic E-state index is 0.0219. The molecule has 1 saturated heterocycles. The maximum Gasteiger partial charge on any atom is 0.244 e. The normalized spacial score (nSPS) is 18.7. The number of amides is 2. The molecule has 1 aromatic carbocycles. The zero-order chi connectivity index (χ0) is 18.4. The summed E-state index contributed by atoms with van der Waals surface area (Å²) in [5.74, 6) is 0.0843. The highest BCUT2D eigenvalue weighted by Crippen LogP contribution is 2.44. The second-order valence-electron chi connectivity index (χ2n) is 6.05. The van der Waals surface area contributed by atoms with Gasteiger partial charge < -0.3 is 10.2 Å².